The number of hydrogen-bond donors (Lipinski definition) is 0. The number of carbonyl (C=O) groups excluding carboxylic acids is 1. The molecule has 2 aromatic heterocycles. The minimum Gasteiger partial charge on any atom is -0.497 e. The number of anilines is 1. The van der Waals surface area contributed by atoms with Gasteiger partial charge in [0.25, 0.3) is 5.91 Å². The lowest BCUT2D eigenvalue weighted by Gasteiger charge is -2.34. The molecule has 2 aromatic carbocycles. The van der Waals surface area contributed by atoms with Crippen molar-refractivity contribution in [3.8, 4) is 22.6 Å². The zero-order chi connectivity index (χ0) is 25.1. The molecule has 9 nitrogen and oxygen atoms in total. The standard InChI is InChI=1S/C27H26N4O5/c1-18-25(19-4-6-20(34-2)7-5-19)26(33)22-9-8-21(16-23(22)36-18)35-17-24(32)30-12-14-31(15-13-30)27-28-10-3-11-29-27/h3-11,16H,12-15,17H2,1-2H3. The third kappa shape index (κ3) is 4.72. The summed E-state index contributed by atoms with van der Waals surface area (Å²) in [7, 11) is 1.60. The fourth-order valence-electron chi connectivity index (χ4n) is 4.31. The molecule has 184 valence electrons. The Balaban J connectivity index is 1.25. The zero-order valence-electron chi connectivity index (χ0n) is 20.1. The Hall–Kier alpha value is -4.40. The van der Waals surface area contributed by atoms with Gasteiger partial charge in [-0.05, 0) is 42.8 Å². The molecule has 0 aliphatic carbocycles. The first-order chi connectivity index (χ1) is 17.5. The fraction of sp³-hybridized carbons (Fsp3) is 0.259. The number of piperazine rings is 1. The Kier molecular flexibility index (Phi) is 6.53. The predicted octanol–water partition coefficient (Wildman–Crippen LogP) is 3.29. The molecule has 5 rings (SSSR count). The zero-order valence-corrected chi connectivity index (χ0v) is 20.1. The van der Waals surface area contributed by atoms with Crippen LogP contribution in [0.2, 0.25) is 0 Å². The average Bonchev–Trinajstić information content (AvgIpc) is 2.92. The van der Waals surface area contributed by atoms with E-state index in [4.69, 9.17) is 13.9 Å². The first-order valence-corrected chi connectivity index (χ1v) is 11.7. The van der Waals surface area contributed by atoms with Crippen LogP contribution in [0.4, 0.5) is 5.95 Å². The highest BCUT2D eigenvalue weighted by Crippen LogP contribution is 2.27. The van der Waals surface area contributed by atoms with Crippen LogP contribution in [0.25, 0.3) is 22.1 Å². The van der Waals surface area contributed by atoms with Gasteiger partial charge >= 0.3 is 0 Å². The van der Waals surface area contributed by atoms with Crippen molar-refractivity contribution >= 4 is 22.8 Å². The van der Waals surface area contributed by atoms with Crippen molar-refractivity contribution in [1.29, 1.82) is 0 Å². The van der Waals surface area contributed by atoms with Crippen molar-refractivity contribution in [2.24, 2.45) is 0 Å². The molecule has 1 saturated heterocycles. The van der Waals surface area contributed by atoms with Crippen LogP contribution in [0, 0.1) is 6.92 Å². The summed E-state index contributed by atoms with van der Waals surface area (Å²) in [4.78, 5) is 38.3. The summed E-state index contributed by atoms with van der Waals surface area (Å²) in [5.74, 6) is 2.25. The third-order valence-electron chi connectivity index (χ3n) is 6.25. The van der Waals surface area contributed by atoms with Crippen LogP contribution in [0.5, 0.6) is 11.5 Å². The van der Waals surface area contributed by atoms with Crippen molar-refractivity contribution in [3.63, 3.8) is 0 Å². The smallest absolute Gasteiger partial charge is 0.260 e. The number of methoxy groups -OCH3 is 1. The van der Waals surface area contributed by atoms with Gasteiger partial charge in [-0.15, -0.1) is 0 Å². The highest BCUT2D eigenvalue weighted by molar-refractivity contribution is 5.84. The summed E-state index contributed by atoms with van der Waals surface area (Å²) >= 11 is 0. The molecule has 1 fully saturated rings. The van der Waals surface area contributed by atoms with Gasteiger partial charge in [0.1, 0.15) is 22.8 Å². The van der Waals surface area contributed by atoms with E-state index < -0.39 is 0 Å². The molecule has 1 aliphatic heterocycles. The number of benzene rings is 2. The van der Waals surface area contributed by atoms with Crippen molar-refractivity contribution in [2.45, 2.75) is 6.92 Å². The van der Waals surface area contributed by atoms with Crippen LogP contribution >= 0.6 is 0 Å². The second-order valence-corrected chi connectivity index (χ2v) is 8.45. The van der Waals surface area contributed by atoms with Gasteiger partial charge in [-0.1, -0.05) is 12.1 Å². The maximum absolute atomic E-state index is 13.2. The van der Waals surface area contributed by atoms with E-state index in [1.54, 1.807) is 55.6 Å². The molecule has 0 saturated carbocycles. The molecule has 36 heavy (non-hydrogen) atoms. The van der Waals surface area contributed by atoms with Gasteiger partial charge < -0.3 is 23.7 Å². The fourth-order valence-corrected chi connectivity index (χ4v) is 4.31. The number of hydrogen-bond acceptors (Lipinski definition) is 8. The molecule has 0 unspecified atom stereocenters. The lowest BCUT2D eigenvalue weighted by Crippen LogP contribution is -2.50. The molecule has 3 heterocycles. The molecule has 0 N–H and O–H groups in total. The van der Waals surface area contributed by atoms with Crippen molar-refractivity contribution in [3.05, 3.63) is 76.9 Å². The second kappa shape index (κ2) is 10.1. The Labute approximate surface area is 207 Å². The van der Waals surface area contributed by atoms with Crippen LogP contribution in [-0.4, -0.2) is 60.7 Å². The number of fused-ring (bicyclic) bond motifs is 1. The second-order valence-electron chi connectivity index (χ2n) is 8.45. The van der Waals surface area contributed by atoms with E-state index in [2.05, 4.69) is 14.9 Å². The van der Waals surface area contributed by atoms with Crippen LogP contribution in [0.15, 0.2) is 70.1 Å². The number of nitrogens with zero attached hydrogens (tertiary/aromatic N) is 4. The van der Waals surface area contributed by atoms with Crippen molar-refractivity contribution < 1.29 is 18.7 Å². The number of ether oxygens (including phenoxy) is 2. The molecule has 4 aromatic rings. The van der Waals surface area contributed by atoms with E-state index in [9.17, 15) is 9.59 Å². The number of rotatable bonds is 6. The summed E-state index contributed by atoms with van der Waals surface area (Å²) in [5, 5.41) is 0.448. The molecule has 0 atom stereocenters. The first kappa shape index (κ1) is 23.3. The molecular weight excluding hydrogens is 460 g/mol. The van der Waals surface area contributed by atoms with Gasteiger partial charge in [0.2, 0.25) is 11.4 Å². The topological polar surface area (TPSA) is 98.0 Å². The highest BCUT2D eigenvalue weighted by Gasteiger charge is 2.23. The quantitative estimate of drug-likeness (QED) is 0.410. The lowest BCUT2D eigenvalue weighted by atomic mass is 10.0. The average molecular weight is 487 g/mol. The van der Waals surface area contributed by atoms with Gasteiger partial charge in [-0.3, -0.25) is 9.59 Å². The van der Waals surface area contributed by atoms with Gasteiger partial charge in [0.05, 0.1) is 18.1 Å². The minimum absolute atomic E-state index is 0.0967. The first-order valence-electron chi connectivity index (χ1n) is 11.7. The van der Waals surface area contributed by atoms with Crippen LogP contribution in [-0.2, 0) is 4.79 Å². The van der Waals surface area contributed by atoms with Crippen molar-refractivity contribution in [2.75, 3.05) is 44.8 Å². The highest BCUT2D eigenvalue weighted by atomic mass is 16.5. The van der Waals surface area contributed by atoms with E-state index in [0.717, 1.165) is 5.56 Å². The summed E-state index contributed by atoms with van der Waals surface area (Å²) in [6.07, 6.45) is 3.42. The Bertz CT molecular complexity index is 1430. The van der Waals surface area contributed by atoms with Crippen LogP contribution < -0.4 is 19.8 Å². The molecule has 0 bridgehead atoms. The van der Waals surface area contributed by atoms with Crippen LogP contribution in [0.3, 0.4) is 0 Å². The molecule has 1 amide bonds. The molecular formula is C27H26N4O5. The molecule has 0 radical (unpaired) electrons. The SMILES string of the molecule is COc1ccc(-c2c(C)oc3cc(OCC(=O)N4CCN(c5ncccn5)CC4)ccc3c2=O)cc1. The summed E-state index contributed by atoms with van der Waals surface area (Å²) in [5.41, 5.74) is 1.56. The van der Waals surface area contributed by atoms with E-state index in [1.807, 2.05) is 24.3 Å². The summed E-state index contributed by atoms with van der Waals surface area (Å²) < 4.78 is 16.9. The van der Waals surface area contributed by atoms with E-state index >= 15 is 0 Å². The largest absolute Gasteiger partial charge is 0.497 e. The van der Waals surface area contributed by atoms with Gasteiger partial charge in [-0.2, -0.15) is 0 Å². The van der Waals surface area contributed by atoms with Crippen molar-refractivity contribution in [1.82, 2.24) is 14.9 Å². The normalized spacial score (nSPS) is 13.6. The number of aromatic nitrogens is 2. The summed E-state index contributed by atoms with van der Waals surface area (Å²) in [6, 6.07) is 14.1. The summed E-state index contributed by atoms with van der Waals surface area (Å²) in [6.45, 7) is 4.12. The maximum atomic E-state index is 13.2. The maximum Gasteiger partial charge on any atom is 0.260 e. The van der Waals surface area contributed by atoms with Gasteiger partial charge in [0.15, 0.2) is 6.61 Å². The number of carbonyl (C=O) groups is 1. The Morgan fingerprint density at radius 3 is 2.39 bits per heavy atom. The van der Waals surface area contributed by atoms with E-state index in [1.165, 1.54) is 0 Å². The molecule has 9 heteroatoms. The number of amides is 1. The predicted molar refractivity (Wildman–Crippen MR) is 136 cm³/mol. The third-order valence-corrected chi connectivity index (χ3v) is 6.25. The molecule has 0 spiro atoms. The Morgan fingerprint density at radius 1 is 1.00 bits per heavy atom. The number of aryl methyl sites for hydroxylation is 1. The Morgan fingerprint density at radius 2 is 1.69 bits per heavy atom. The monoisotopic (exact) mass is 486 g/mol. The van der Waals surface area contributed by atoms with Crippen LogP contribution in [0.1, 0.15) is 5.76 Å². The van der Waals surface area contributed by atoms with Gasteiger partial charge in [-0.25, -0.2) is 9.97 Å². The molecule has 1 aliphatic rings. The minimum atomic E-state index is -0.123. The van der Waals surface area contributed by atoms with E-state index in [-0.39, 0.29) is 17.9 Å². The lowest BCUT2D eigenvalue weighted by molar-refractivity contribution is -0.133. The van der Waals surface area contributed by atoms with Gasteiger partial charge in [0, 0.05) is 44.6 Å². The van der Waals surface area contributed by atoms with E-state index in [0.29, 0.717) is 65.9 Å².